The Kier molecular flexibility index (Phi) is 3.96. The maximum atomic E-state index is 11.4. The van der Waals surface area contributed by atoms with Gasteiger partial charge >= 0.3 is 0 Å². The highest BCUT2D eigenvalue weighted by atomic mass is 16.2. The van der Waals surface area contributed by atoms with E-state index in [1.165, 1.54) is 0 Å². The standard InChI is InChI=1S/C10H18N2O/c1-2-3-10(13)12-6-4-9(8-11)5-7-12/h2,9H,1,3-8,11H2. The average Bonchev–Trinajstić information content (AvgIpc) is 2.18. The van der Waals surface area contributed by atoms with Crippen LogP contribution >= 0.6 is 0 Å². The minimum absolute atomic E-state index is 0.200. The summed E-state index contributed by atoms with van der Waals surface area (Å²) in [4.78, 5) is 13.3. The zero-order valence-corrected chi connectivity index (χ0v) is 8.04. The van der Waals surface area contributed by atoms with E-state index in [-0.39, 0.29) is 5.91 Å². The van der Waals surface area contributed by atoms with Crippen LogP contribution in [0.25, 0.3) is 0 Å². The molecule has 0 aromatic carbocycles. The van der Waals surface area contributed by atoms with Gasteiger partial charge in [0.2, 0.25) is 5.91 Å². The lowest BCUT2D eigenvalue weighted by Crippen LogP contribution is -2.39. The molecule has 1 heterocycles. The number of rotatable bonds is 3. The molecule has 0 saturated carbocycles. The Balaban J connectivity index is 2.31. The fourth-order valence-electron chi connectivity index (χ4n) is 1.67. The second-order valence-corrected chi connectivity index (χ2v) is 3.55. The molecule has 1 rings (SSSR count). The van der Waals surface area contributed by atoms with Crippen molar-refractivity contribution in [2.24, 2.45) is 11.7 Å². The highest BCUT2D eigenvalue weighted by Crippen LogP contribution is 2.16. The van der Waals surface area contributed by atoms with Gasteiger partial charge in [-0.15, -0.1) is 6.58 Å². The molecule has 2 N–H and O–H groups in total. The first-order valence-electron chi connectivity index (χ1n) is 4.86. The van der Waals surface area contributed by atoms with Gasteiger partial charge in [-0.05, 0) is 25.3 Å². The molecule has 1 saturated heterocycles. The van der Waals surface area contributed by atoms with Gasteiger partial charge in [-0.3, -0.25) is 4.79 Å². The lowest BCUT2D eigenvalue weighted by Gasteiger charge is -2.31. The lowest BCUT2D eigenvalue weighted by molar-refractivity contribution is -0.131. The number of hydrogen-bond donors (Lipinski definition) is 1. The zero-order chi connectivity index (χ0) is 9.68. The van der Waals surface area contributed by atoms with E-state index in [9.17, 15) is 4.79 Å². The number of nitrogens with two attached hydrogens (primary N) is 1. The third-order valence-corrected chi connectivity index (χ3v) is 2.62. The van der Waals surface area contributed by atoms with Gasteiger partial charge in [0.25, 0.3) is 0 Å². The summed E-state index contributed by atoms with van der Waals surface area (Å²) in [6, 6.07) is 0. The Morgan fingerprint density at radius 1 is 1.54 bits per heavy atom. The summed E-state index contributed by atoms with van der Waals surface area (Å²) in [5.74, 6) is 0.818. The number of carbonyl (C=O) groups excluding carboxylic acids is 1. The molecule has 0 bridgehead atoms. The second-order valence-electron chi connectivity index (χ2n) is 3.55. The number of nitrogens with zero attached hydrogens (tertiary/aromatic N) is 1. The van der Waals surface area contributed by atoms with Crippen molar-refractivity contribution >= 4 is 5.91 Å². The van der Waals surface area contributed by atoms with Crippen molar-refractivity contribution in [2.75, 3.05) is 19.6 Å². The van der Waals surface area contributed by atoms with E-state index in [0.717, 1.165) is 32.5 Å². The summed E-state index contributed by atoms with van der Waals surface area (Å²) >= 11 is 0. The lowest BCUT2D eigenvalue weighted by atomic mass is 9.97. The fourth-order valence-corrected chi connectivity index (χ4v) is 1.67. The van der Waals surface area contributed by atoms with Crippen LogP contribution in [0.5, 0.6) is 0 Å². The van der Waals surface area contributed by atoms with E-state index in [2.05, 4.69) is 6.58 Å². The third-order valence-electron chi connectivity index (χ3n) is 2.62. The van der Waals surface area contributed by atoms with E-state index < -0.39 is 0 Å². The monoisotopic (exact) mass is 182 g/mol. The van der Waals surface area contributed by atoms with Crippen molar-refractivity contribution in [2.45, 2.75) is 19.3 Å². The average molecular weight is 182 g/mol. The molecule has 0 aromatic heterocycles. The predicted octanol–water partition coefficient (Wildman–Crippen LogP) is 0.760. The summed E-state index contributed by atoms with van der Waals surface area (Å²) in [6.45, 7) is 6.05. The minimum atomic E-state index is 0.200. The Morgan fingerprint density at radius 3 is 2.62 bits per heavy atom. The van der Waals surface area contributed by atoms with Crippen LogP contribution in [0.3, 0.4) is 0 Å². The first kappa shape index (κ1) is 10.3. The quantitative estimate of drug-likeness (QED) is 0.655. The Morgan fingerprint density at radius 2 is 2.15 bits per heavy atom. The second kappa shape index (κ2) is 5.02. The van der Waals surface area contributed by atoms with Gasteiger partial charge in [-0.1, -0.05) is 6.08 Å². The van der Waals surface area contributed by atoms with Gasteiger partial charge in [0.05, 0.1) is 0 Å². The predicted molar refractivity (Wildman–Crippen MR) is 53.2 cm³/mol. The van der Waals surface area contributed by atoms with Gasteiger partial charge < -0.3 is 10.6 Å². The molecular weight excluding hydrogens is 164 g/mol. The number of carbonyl (C=O) groups is 1. The molecule has 0 atom stereocenters. The van der Waals surface area contributed by atoms with Crippen molar-refractivity contribution in [3.63, 3.8) is 0 Å². The van der Waals surface area contributed by atoms with Gasteiger partial charge in [0.15, 0.2) is 0 Å². The number of amides is 1. The first-order chi connectivity index (χ1) is 6.27. The molecule has 0 radical (unpaired) electrons. The van der Waals surface area contributed by atoms with Crippen LogP contribution in [0.2, 0.25) is 0 Å². The van der Waals surface area contributed by atoms with Gasteiger partial charge in [0, 0.05) is 19.5 Å². The molecule has 3 heteroatoms. The largest absolute Gasteiger partial charge is 0.342 e. The summed E-state index contributed by atoms with van der Waals surface area (Å²) in [7, 11) is 0. The van der Waals surface area contributed by atoms with Crippen LogP contribution in [0.1, 0.15) is 19.3 Å². The van der Waals surface area contributed by atoms with E-state index in [0.29, 0.717) is 12.3 Å². The van der Waals surface area contributed by atoms with E-state index >= 15 is 0 Å². The first-order valence-corrected chi connectivity index (χ1v) is 4.86. The molecule has 0 aliphatic carbocycles. The Labute approximate surface area is 79.6 Å². The van der Waals surface area contributed by atoms with E-state index in [1.54, 1.807) is 6.08 Å². The van der Waals surface area contributed by atoms with Crippen molar-refractivity contribution in [3.8, 4) is 0 Å². The van der Waals surface area contributed by atoms with Crippen LogP contribution in [0, 0.1) is 5.92 Å². The molecule has 1 amide bonds. The third kappa shape index (κ3) is 2.84. The van der Waals surface area contributed by atoms with Gasteiger partial charge in [0.1, 0.15) is 0 Å². The Hall–Kier alpha value is -0.830. The SMILES string of the molecule is C=CCC(=O)N1CCC(CN)CC1. The van der Waals surface area contributed by atoms with Gasteiger partial charge in [-0.25, -0.2) is 0 Å². The van der Waals surface area contributed by atoms with Crippen molar-refractivity contribution in [3.05, 3.63) is 12.7 Å². The van der Waals surface area contributed by atoms with Crippen molar-refractivity contribution in [1.29, 1.82) is 0 Å². The summed E-state index contributed by atoms with van der Waals surface area (Å²) in [5.41, 5.74) is 5.56. The summed E-state index contributed by atoms with van der Waals surface area (Å²) in [5, 5.41) is 0. The maximum absolute atomic E-state index is 11.4. The molecule has 0 aromatic rings. The molecule has 0 spiro atoms. The fraction of sp³-hybridized carbons (Fsp3) is 0.700. The van der Waals surface area contributed by atoms with Crippen molar-refractivity contribution < 1.29 is 4.79 Å². The molecule has 3 nitrogen and oxygen atoms in total. The smallest absolute Gasteiger partial charge is 0.226 e. The highest BCUT2D eigenvalue weighted by molar-refractivity contribution is 5.77. The summed E-state index contributed by atoms with van der Waals surface area (Å²) < 4.78 is 0. The van der Waals surface area contributed by atoms with Crippen LogP contribution < -0.4 is 5.73 Å². The van der Waals surface area contributed by atoms with Crippen LogP contribution in [-0.4, -0.2) is 30.4 Å². The molecule has 13 heavy (non-hydrogen) atoms. The van der Waals surface area contributed by atoms with Gasteiger partial charge in [-0.2, -0.15) is 0 Å². The molecule has 74 valence electrons. The minimum Gasteiger partial charge on any atom is -0.342 e. The number of likely N-dealkylation sites (tertiary alicyclic amines) is 1. The Bertz CT molecular complexity index is 183. The molecule has 0 unspecified atom stereocenters. The zero-order valence-electron chi connectivity index (χ0n) is 8.04. The molecule has 1 aliphatic rings. The summed E-state index contributed by atoms with van der Waals surface area (Å²) in [6.07, 6.45) is 4.24. The molecular formula is C10H18N2O. The normalized spacial score (nSPS) is 18.7. The van der Waals surface area contributed by atoms with E-state index in [1.807, 2.05) is 4.90 Å². The number of hydrogen-bond acceptors (Lipinski definition) is 2. The highest BCUT2D eigenvalue weighted by Gasteiger charge is 2.20. The topological polar surface area (TPSA) is 46.3 Å². The maximum Gasteiger partial charge on any atom is 0.226 e. The van der Waals surface area contributed by atoms with Crippen molar-refractivity contribution in [1.82, 2.24) is 4.90 Å². The molecule has 1 aliphatic heterocycles. The number of piperidine rings is 1. The molecule has 1 fully saturated rings. The van der Waals surface area contributed by atoms with Crippen LogP contribution in [0.4, 0.5) is 0 Å². The van der Waals surface area contributed by atoms with E-state index in [4.69, 9.17) is 5.73 Å². The van der Waals surface area contributed by atoms with Crippen LogP contribution in [0.15, 0.2) is 12.7 Å². The van der Waals surface area contributed by atoms with Crippen LogP contribution in [-0.2, 0) is 4.79 Å².